The Morgan fingerprint density at radius 3 is 3.10 bits per heavy atom. The molecule has 0 aromatic carbocycles. The van der Waals surface area contributed by atoms with Gasteiger partial charge in [-0.3, -0.25) is 14.1 Å². The molecule has 21 heavy (non-hydrogen) atoms. The van der Waals surface area contributed by atoms with E-state index in [1.165, 1.54) is 19.3 Å². The first-order valence-electron chi connectivity index (χ1n) is 7.39. The predicted molar refractivity (Wildman–Crippen MR) is 87.9 cm³/mol. The number of hydrogen-bond donors (Lipinski definition) is 0. The van der Waals surface area contributed by atoms with Gasteiger partial charge >= 0.3 is 0 Å². The molecule has 1 saturated carbocycles. The topological polar surface area (TPSA) is 37.6 Å². The van der Waals surface area contributed by atoms with Gasteiger partial charge in [0.05, 0.1) is 5.69 Å². The van der Waals surface area contributed by atoms with E-state index in [-0.39, 0.29) is 5.56 Å². The summed E-state index contributed by atoms with van der Waals surface area (Å²) in [5, 5.41) is 0.705. The Balaban J connectivity index is 1.83. The Hall–Kier alpha value is -1.33. The molecular formula is C16H21N3OS. The summed E-state index contributed by atoms with van der Waals surface area (Å²) in [7, 11) is 2.15. The molecule has 2 aromatic rings. The normalized spacial score (nSPS) is 22.2. The SMILES string of the molecule is CS[C@@H]1CCC[C@H]1N(C)Cc1cc(=O)n2ccccc2n1. The zero-order valence-corrected chi connectivity index (χ0v) is 13.3. The molecule has 1 fully saturated rings. The Morgan fingerprint density at radius 2 is 2.29 bits per heavy atom. The third kappa shape index (κ3) is 2.99. The summed E-state index contributed by atoms with van der Waals surface area (Å²) < 4.78 is 1.59. The van der Waals surface area contributed by atoms with Crippen LogP contribution >= 0.6 is 11.8 Å². The fourth-order valence-corrected chi connectivity index (χ4v) is 4.30. The van der Waals surface area contributed by atoms with Crippen LogP contribution < -0.4 is 5.56 Å². The van der Waals surface area contributed by atoms with Gasteiger partial charge in [0.2, 0.25) is 0 Å². The van der Waals surface area contributed by atoms with Crippen molar-refractivity contribution in [3.05, 3.63) is 46.5 Å². The van der Waals surface area contributed by atoms with Gasteiger partial charge in [-0.15, -0.1) is 0 Å². The highest BCUT2D eigenvalue weighted by molar-refractivity contribution is 7.99. The molecule has 2 aromatic heterocycles. The average molecular weight is 303 g/mol. The van der Waals surface area contributed by atoms with E-state index in [9.17, 15) is 4.79 Å². The molecule has 2 heterocycles. The van der Waals surface area contributed by atoms with Crippen molar-refractivity contribution in [3.63, 3.8) is 0 Å². The number of aromatic nitrogens is 2. The van der Waals surface area contributed by atoms with Gasteiger partial charge in [0, 0.05) is 30.1 Å². The second-order valence-electron chi connectivity index (χ2n) is 5.70. The zero-order valence-electron chi connectivity index (χ0n) is 12.5. The van der Waals surface area contributed by atoms with Crippen LogP contribution in [0.25, 0.3) is 5.65 Å². The monoisotopic (exact) mass is 303 g/mol. The molecule has 0 N–H and O–H groups in total. The second kappa shape index (κ2) is 6.20. The van der Waals surface area contributed by atoms with Crippen molar-refractivity contribution >= 4 is 17.4 Å². The highest BCUT2D eigenvalue weighted by Gasteiger charge is 2.29. The van der Waals surface area contributed by atoms with Gasteiger partial charge in [0.1, 0.15) is 5.65 Å². The third-order valence-electron chi connectivity index (χ3n) is 4.32. The molecule has 0 saturated heterocycles. The maximum absolute atomic E-state index is 12.1. The van der Waals surface area contributed by atoms with Crippen LogP contribution in [0.15, 0.2) is 35.3 Å². The fourth-order valence-electron chi connectivity index (χ4n) is 3.24. The van der Waals surface area contributed by atoms with Crippen LogP contribution in [-0.4, -0.2) is 38.9 Å². The first-order chi connectivity index (χ1) is 10.2. The number of thioether (sulfide) groups is 1. The summed E-state index contributed by atoms with van der Waals surface area (Å²) in [6, 6.07) is 7.90. The van der Waals surface area contributed by atoms with Crippen LogP contribution in [0.1, 0.15) is 25.0 Å². The first kappa shape index (κ1) is 14.6. The molecule has 0 bridgehead atoms. The van der Waals surface area contributed by atoms with E-state index in [1.807, 2.05) is 30.0 Å². The number of fused-ring (bicyclic) bond motifs is 1. The van der Waals surface area contributed by atoms with E-state index in [0.29, 0.717) is 11.3 Å². The van der Waals surface area contributed by atoms with Gasteiger partial charge in [-0.25, -0.2) is 4.98 Å². The Morgan fingerprint density at radius 1 is 1.43 bits per heavy atom. The van der Waals surface area contributed by atoms with Crippen molar-refractivity contribution in [1.29, 1.82) is 0 Å². The highest BCUT2D eigenvalue weighted by Crippen LogP contribution is 2.31. The zero-order chi connectivity index (χ0) is 14.8. The highest BCUT2D eigenvalue weighted by atomic mass is 32.2. The lowest BCUT2D eigenvalue weighted by molar-refractivity contribution is 0.239. The molecular weight excluding hydrogens is 282 g/mol. The van der Waals surface area contributed by atoms with Gasteiger partial charge in [-0.05, 0) is 38.3 Å². The third-order valence-corrected chi connectivity index (χ3v) is 5.48. The van der Waals surface area contributed by atoms with Gasteiger partial charge in [0.15, 0.2) is 0 Å². The van der Waals surface area contributed by atoms with Crippen LogP contribution in [-0.2, 0) is 6.54 Å². The molecule has 2 atom stereocenters. The van der Waals surface area contributed by atoms with Crippen LogP contribution in [0, 0.1) is 0 Å². The fraction of sp³-hybridized carbons (Fsp3) is 0.500. The minimum Gasteiger partial charge on any atom is -0.296 e. The van der Waals surface area contributed by atoms with Gasteiger partial charge in [0.25, 0.3) is 5.56 Å². The van der Waals surface area contributed by atoms with E-state index in [0.717, 1.165) is 17.9 Å². The number of pyridine rings is 1. The molecule has 1 aliphatic rings. The molecule has 5 heteroatoms. The minimum atomic E-state index is -0.00293. The number of rotatable bonds is 4. The Bertz CT molecular complexity index is 685. The standard InChI is InChI=1S/C16H21N3OS/c1-18(13-6-5-7-14(13)21-2)11-12-10-16(20)19-9-4-3-8-15(19)17-12/h3-4,8-10,13-14H,5-7,11H2,1-2H3/t13-,14-/m1/s1. The van der Waals surface area contributed by atoms with Crippen molar-refractivity contribution in [1.82, 2.24) is 14.3 Å². The van der Waals surface area contributed by atoms with E-state index >= 15 is 0 Å². The molecule has 3 rings (SSSR count). The molecule has 1 aliphatic carbocycles. The summed E-state index contributed by atoms with van der Waals surface area (Å²) in [4.78, 5) is 19.1. The van der Waals surface area contributed by atoms with Crippen molar-refractivity contribution in [2.45, 2.75) is 37.1 Å². The second-order valence-corrected chi connectivity index (χ2v) is 6.78. The van der Waals surface area contributed by atoms with Crippen LogP contribution in [0.3, 0.4) is 0 Å². The molecule has 0 amide bonds. The van der Waals surface area contributed by atoms with Crippen LogP contribution in [0.2, 0.25) is 0 Å². The molecule has 112 valence electrons. The summed E-state index contributed by atoms with van der Waals surface area (Å²) in [5.41, 5.74) is 1.58. The minimum absolute atomic E-state index is 0.00293. The van der Waals surface area contributed by atoms with Crippen molar-refractivity contribution in [2.75, 3.05) is 13.3 Å². The van der Waals surface area contributed by atoms with Gasteiger partial charge in [-0.1, -0.05) is 12.5 Å². The van der Waals surface area contributed by atoms with Gasteiger partial charge < -0.3 is 0 Å². The predicted octanol–water partition coefficient (Wildman–Crippen LogP) is 2.41. The lowest BCUT2D eigenvalue weighted by Crippen LogP contribution is -2.36. The summed E-state index contributed by atoms with van der Waals surface area (Å²) in [6.45, 7) is 0.738. The first-order valence-corrected chi connectivity index (χ1v) is 8.68. The smallest absolute Gasteiger partial charge is 0.258 e. The average Bonchev–Trinajstić information content (AvgIpc) is 2.96. The van der Waals surface area contributed by atoms with Crippen LogP contribution in [0.4, 0.5) is 0 Å². The maximum Gasteiger partial charge on any atom is 0.258 e. The molecule has 0 aliphatic heterocycles. The maximum atomic E-state index is 12.1. The molecule has 0 spiro atoms. The van der Waals surface area contributed by atoms with Gasteiger partial charge in [-0.2, -0.15) is 11.8 Å². The van der Waals surface area contributed by atoms with Crippen molar-refractivity contribution < 1.29 is 0 Å². The quantitative estimate of drug-likeness (QED) is 0.869. The van der Waals surface area contributed by atoms with E-state index in [4.69, 9.17) is 0 Å². The summed E-state index contributed by atoms with van der Waals surface area (Å²) in [5.74, 6) is 0. The van der Waals surface area contributed by atoms with E-state index < -0.39 is 0 Å². The van der Waals surface area contributed by atoms with Crippen LogP contribution in [0.5, 0.6) is 0 Å². The van der Waals surface area contributed by atoms with E-state index in [2.05, 4.69) is 23.2 Å². The lowest BCUT2D eigenvalue weighted by atomic mass is 10.2. The molecule has 4 nitrogen and oxygen atoms in total. The van der Waals surface area contributed by atoms with E-state index in [1.54, 1.807) is 16.7 Å². The Kier molecular flexibility index (Phi) is 4.31. The largest absolute Gasteiger partial charge is 0.296 e. The summed E-state index contributed by atoms with van der Waals surface area (Å²) >= 11 is 1.96. The lowest BCUT2D eigenvalue weighted by Gasteiger charge is -2.28. The summed E-state index contributed by atoms with van der Waals surface area (Å²) in [6.07, 6.45) is 7.79. The molecule has 0 unspecified atom stereocenters. The molecule has 0 radical (unpaired) electrons. The van der Waals surface area contributed by atoms with Crippen molar-refractivity contribution in [3.8, 4) is 0 Å². The number of hydrogen-bond acceptors (Lipinski definition) is 4. The number of nitrogens with zero attached hydrogens (tertiary/aromatic N) is 3. The van der Waals surface area contributed by atoms with Crippen molar-refractivity contribution in [2.24, 2.45) is 0 Å². The Labute approximate surface area is 129 Å².